The molecule has 106 valence electrons. The quantitative estimate of drug-likeness (QED) is 0.744. The van der Waals surface area contributed by atoms with Gasteiger partial charge in [0.15, 0.2) is 0 Å². The van der Waals surface area contributed by atoms with Crippen molar-refractivity contribution in [1.82, 2.24) is 5.32 Å². The Balaban J connectivity index is 1.51. The van der Waals surface area contributed by atoms with Gasteiger partial charge in [0.25, 0.3) is 0 Å². The maximum Gasteiger partial charge on any atom is 0.101 e. The molecule has 2 N–H and O–H groups in total. The molecular formula is C15H23NO3. The van der Waals surface area contributed by atoms with Crippen LogP contribution in [0.15, 0.2) is 30.3 Å². The average molecular weight is 265 g/mol. The van der Waals surface area contributed by atoms with Crippen LogP contribution in [0.5, 0.6) is 0 Å². The number of ether oxygens (including phenoxy) is 2. The summed E-state index contributed by atoms with van der Waals surface area (Å²) in [4.78, 5) is 0. The predicted molar refractivity (Wildman–Crippen MR) is 73.9 cm³/mol. The first-order valence-electron chi connectivity index (χ1n) is 6.95. The lowest BCUT2D eigenvalue weighted by molar-refractivity contribution is -0.0264. The summed E-state index contributed by atoms with van der Waals surface area (Å²) in [5.41, 5.74) is 1.12. The SMILES string of the molecule is OC(COCc1ccccc1)COCC1CCCN1. The van der Waals surface area contributed by atoms with Gasteiger partial charge < -0.3 is 19.9 Å². The number of benzene rings is 1. The molecule has 0 aromatic heterocycles. The average Bonchev–Trinajstić information content (AvgIpc) is 2.93. The van der Waals surface area contributed by atoms with Gasteiger partial charge in [0, 0.05) is 6.04 Å². The summed E-state index contributed by atoms with van der Waals surface area (Å²) in [5.74, 6) is 0. The molecule has 0 radical (unpaired) electrons. The maximum absolute atomic E-state index is 9.73. The summed E-state index contributed by atoms with van der Waals surface area (Å²) in [6.07, 6.45) is 1.84. The molecule has 2 atom stereocenters. The minimum absolute atomic E-state index is 0.312. The number of aliphatic hydroxyl groups is 1. The molecule has 0 aliphatic carbocycles. The minimum Gasteiger partial charge on any atom is -0.388 e. The number of hydrogen-bond donors (Lipinski definition) is 2. The van der Waals surface area contributed by atoms with Gasteiger partial charge in [0.05, 0.1) is 26.4 Å². The van der Waals surface area contributed by atoms with Gasteiger partial charge in [-0.2, -0.15) is 0 Å². The van der Waals surface area contributed by atoms with Crippen molar-refractivity contribution >= 4 is 0 Å². The highest BCUT2D eigenvalue weighted by Crippen LogP contribution is 2.05. The molecule has 1 fully saturated rings. The molecule has 1 aliphatic heterocycles. The van der Waals surface area contributed by atoms with E-state index in [1.165, 1.54) is 12.8 Å². The van der Waals surface area contributed by atoms with Gasteiger partial charge in [-0.05, 0) is 24.9 Å². The van der Waals surface area contributed by atoms with Crippen LogP contribution in [0, 0.1) is 0 Å². The second-order valence-corrected chi connectivity index (χ2v) is 4.99. The van der Waals surface area contributed by atoms with E-state index >= 15 is 0 Å². The maximum atomic E-state index is 9.73. The third-order valence-corrected chi connectivity index (χ3v) is 3.21. The van der Waals surface area contributed by atoms with Crippen LogP contribution >= 0.6 is 0 Å². The topological polar surface area (TPSA) is 50.7 Å². The van der Waals surface area contributed by atoms with Gasteiger partial charge in [-0.15, -0.1) is 0 Å². The highest BCUT2D eigenvalue weighted by atomic mass is 16.5. The van der Waals surface area contributed by atoms with Crippen LogP contribution in [0.4, 0.5) is 0 Å². The van der Waals surface area contributed by atoms with E-state index in [9.17, 15) is 5.11 Å². The van der Waals surface area contributed by atoms with Gasteiger partial charge in [-0.1, -0.05) is 30.3 Å². The molecule has 19 heavy (non-hydrogen) atoms. The van der Waals surface area contributed by atoms with Crippen LogP contribution in [0.2, 0.25) is 0 Å². The van der Waals surface area contributed by atoms with Crippen LogP contribution in [-0.2, 0) is 16.1 Å². The zero-order chi connectivity index (χ0) is 13.3. The van der Waals surface area contributed by atoms with Gasteiger partial charge in [-0.25, -0.2) is 0 Å². The van der Waals surface area contributed by atoms with Gasteiger partial charge in [-0.3, -0.25) is 0 Å². The van der Waals surface area contributed by atoms with E-state index in [1.807, 2.05) is 30.3 Å². The zero-order valence-corrected chi connectivity index (χ0v) is 11.3. The summed E-state index contributed by atoms with van der Waals surface area (Å²) in [6.45, 7) is 2.94. The molecule has 1 saturated heterocycles. The molecular weight excluding hydrogens is 242 g/mol. The minimum atomic E-state index is -0.551. The largest absolute Gasteiger partial charge is 0.388 e. The Morgan fingerprint density at radius 2 is 2.00 bits per heavy atom. The summed E-state index contributed by atoms with van der Waals surface area (Å²) < 4.78 is 10.9. The van der Waals surface area contributed by atoms with Crippen molar-refractivity contribution in [1.29, 1.82) is 0 Å². The van der Waals surface area contributed by atoms with E-state index in [0.717, 1.165) is 12.1 Å². The summed E-state index contributed by atoms with van der Waals surface area (Å²) >= 11 is 0. The molecule has 1 aromatic rings. The molecule has 4 nitrogen and oxygen atoms in total. The van der Waals surface area contributed by atoms with Crippen molar-refractivity contribution in [3.63, 3.8) is 0 Å². The summed E-state index contributed by atoms with van der Waals surface area (Å²) in [5, 5.41) is 13.1. The highest BCUT2D eigenvalue weighted by Gasteiger charge is 2.14. The fourth-order valence-corrected chi connectivity index (χ4v) is 2.18. The molecule has 0 spiro atoms. The Morgan fingerprint density at radius 1 is 1.21 bits per heavy atom. The van der Waals surface area contributed by atoms with E-state index in [2.05, 4.69) is 5.32 Å². The Labute approximate surface area is 114 Å². The molecule has 0 amide bonds. The van der Waals surface area contributed by atoms with E-state index in [0.29, 0.717) is 32.5 Å². The number of nitrogens with one attached hydrogen (secondary N) is 1. The molecule has 4 heteroatoms. The monoisotopic (exact) mass is 265 g/mol. The van der Waals surface area contributed by atoms with Crippen molar-refractivity contribution in [2.45, 2.75) is 31.6 Å². The van der Waals surface area contributed by atoms with Crippen LogP contribution in [0.25, 0.3) is 0 Å². The predicted octanol–water partition coefficient (Wildman–Crippen LogP) is 1.33. The van der Waals surface area contributed by atoms with E-state index in [-0.39, 0.29) is 0 Å². The summed E-state index contributed by atoms with van der Waals surface area (Å²) in [6, 6.07) is 10.4. The van der Waals surface area contributed by atoms with Gasteiger partial charge >= 0.3 is 0 Å². The second kappa shape index (κ2) is 8.27. The smallest absolute Gasteiger partial charge is 0.101 e. The van der Waals surface area contributed by atoms with Crippen molar-refractivity contribution in [3.8, 4) is 0 Å². The van der Waals surface area contributed by atoms with Crippen molar-refractivity contribution in [2.24, 2.45) is 0 Å². The lowest BCUT2D eigenvalue weighted by atomic mass is 10.2. The number of aliphatic hydroxyl groups excluding tert-OH is 1. The number of rotatable bonds is 8. The first kappa shape index (κ1) is 14.5. The molecule has 0 saturated carbocycles. The Hall–Kier alpha value is -0.940. The first-order chi connectivity index (χ1) is 9.34. The Morgan fingerprint density at radius 3 is 2.74 bits per heavy atom. The molecule has 1 aromatic carbocycles. The van der Waals surface area contributed by atoms with Gasteiger partial charge in [0.1, 0.15) is 6.10 Å². The van der Waals surface area contributed by atoms with Crippen molar-refractivity contribution in [3.05, 3.63) is 35.9 Å². The van der Waals surface area contributed by atoms with Crippen molar-refractivity contribution < 1.29 is 14.6 Å². The molecule has 1 heterocycles. The fraction of sp³-hybridized carbons (Fsp3) is 0.600. The van der Waals surface area contributed by atoms with Crippen LogP contribution in [0.3, 0.4) is 0 Å². The van der Waals surface area contributed by atoms with E-state index in [1.54, 1.807) is 0 Å². The lowest BCUT2D eigenvalue weighted by Crippen LogP contribution is -2.30. The normalized spacial score (nSPS) is 20.6. The van der Waals surface area contributed by atoms with E-state index < -0.39 is 6.10 Å². The fourth-order valence-electron chi connectivity index (χ4n) is 2.18. The van der Waals surface area contributed by atoms with Crippen LogP contribution < -0.4 is 5.32 Å². The lowest BCUT2D eigenvalue weighted by Gasteiger charge is -2.14. The first-order valence-corrected chi connectivity index (χ1v) is 6.95. The zero-order valence-electron chi connectivity index (χ0n) is 11.3. The Bertz CT molecular complexity index is 339. The standard InChI is InChI=1S/C15H23NO3/c17-15(12-19-10-14-7-4-8-16-14)11-18-9-13-5-2-1-3-6-13/h1-3,5-6,14-17H,4,7-12H2. The molecule has 0 bridgehead atoms. The third-order valence-electron chi connectivity index (χ3n) is 3.21. The molecule has 2 unspecified atom stereocenters. The summed E-state index contributed by atoms with van der Waals surface area (Å²) in [7, 11) is 0. The third kappa shape index (κ3) is 5.70. The highest BCUT2D eigenvalue weighted by molar-refractivity contribution is 5.13. The molecule has 1 aliphatic rings. The van der Waals surface area contributed by atoms with Gasteiger partial charge in [0.2, 0.25) is 0 Å². The molecule has 2 rings (SSSR count). The van der Waals surface area contributed by atoms with E-state index in [4.69, 9.17) is 9.47 Å². The number of hydrogen-bond acceptors (Lipinski definition) is 4. The second-order valence-electron chi connectivity index (χ2n) is 4.99. The Kier molecular flexibility index (Phi) is 6.30. The van der Waals surface area contributed by atoms with Crippen molar-refractivity contribution in [2.75, 3.05) is 26.4 Å². The van der Waals surface area contributed by atoms with Crippen LogP contribution in [0.1, 0.15) is 18.4 Å². The van der Waals surface area contributed by atoms with Crippen LogP contribution in [-0.4, -0.2) is 43.6 Å².